The molecule has 20 heavy (non-hydrogen) atoms. The third-order valence-corrected chi connectivity index (χ3v) is 3.16. The summed E-state index contributed by atoms with van der Waals surface area (Å²) in [6, 6.07) is 9.64. The van der Waals surface area contributed by atoms with Gasteiger partial charge in [0.25, 0.3) is 0 Å². The van der Waals surface area contributed by atoms with E-state index in [1.54, 1.807) is 0 Å². The molecule has 1 rings (SSSR count). The van der Waals surface area contributed by atoms with Crippen molar-refractivity contribution in [2.24, 2.45) is 5.92 Å². The van der Waals surface area contributed by atoms with Crippen LogP contribution in [-0.4, -0.2) is 5.97 Å². The first-order valence-electron chi connectivity index (χ1n) is 7.15. The lowest BCUT2D eigenvalue weighted by Gasteiger charge is -2.06. The molecule has 0 radical (unpaired) electrons. The summed E-state index contributed by atoms with van der Waals surface area (Å²) in [5.74, 6) is 1.03. The molecular weight excluding hydrogens is 248 g/mol. The predicted molar refractivity (Wildman–Crippen MR) is 83.2 cm³/mol. The number of ether oxygens (including phenoxy) is 1. The Morgan fingerprint density at radius 3 is 2.70 bits per heavy atom. The maximum Gasteiger partial charge on any atom is 0.315 e. The lowest BCUT2D eigenvalue weighted by Crippen LogP contribution is -2.06. The van der Waals surface area contributed by atoms with Gasteiger partial charge in [0.05, 0.1) is 6.42 Å². The third-order valence-electron chi connectivity index (χ3n) is 3.16. The van der Waals surface area contributed by atoms with Gasteiger partial charge in [-0.1, -0.05) is 43.3 Å². The summed E-state index contributed by atoms with van der Waals surface area (Å²) >= 11 is 0. The highest BCUT2D eigenvalue weighted by Crippen LogP contribution is 2.11. The third kappa shape index (κ3) is 6.93. The summed E-state index contributed by atoms with van der Waals surface area (Å²) in [7, 11) is 0. The molecule has 0 saturated heterocycles. The summed E-state index contributed by atoms with van der Waals surface area (Å²) in [5.41, 5.74) is 0.977. The predicted octanol–water partition coefficient (Wildman–Crippen LogP) is 4.67. The van der Waals surface area contributed by atoms with Gasteiger partial charge in [0.2, 0.25) is 0 Å². The van der Waals surface area contributed by atoms with Crippen molar-refractivity contribution in [3.05, 3.63) is 60.4 Å². The molecule has 1 aromatic carbocycles. The highest BCUT2D eigenvalue weighted by molar-refractivity contribution is 5.73. The van der Waals surface area contributed by atoms with E-state index in [9.17, 15) is 4.79 Å². The monoisotopic (exact) mass is 272 g/mol. The Hall–Kier alpha value is -1.83. The van der Waals surface area contributed by atoms with Crippen molar-refractivity contribution in [2.45, 2.75) is 39.5 Å². The van der Waals surface area contributed by atoms with Gasteiger partial charge in [-0.15, -0.1) is 6.58 Å². The van der Waals surface area contributed by atoms with Crippen molar-refractivity contribution in [1.29, 1.82) is 0 Å². The first-order chi connectivity index (χ1) is 9.61. The summed E-state index contributed by atoms with van der Waals surface area (Å²) in [4.78, 5) is 11.7. The van der Waals surface area contributed by atoms with Crippen LogP contribution in [0, 0.1) is 5.92 Å². The molecule has 0 aromatic heterocycles. The summed E-state index contributed by atoms with van der Waals surface area (Å²) in [5, 5.41) is 0. The number of unbranched alkanes of at least 4 members (excludes halogenated alkanes) is 1. The van der Waals surface area contributed by atoms with Crippen LogP contribution in [0.2, 0.25) is 0 Å². The van der Waals surface area contributed by atoms with Gasteiger partial charge in [-0.2, -0.15) is 0 Å². The zero-order valence-electron chi connectivity index (χ0n) is 12.5. The highest BCUT2D eigenvalue weighted by atomic mass is 16.5. The topological polar surface area (TPSA) is 26.3 Å². The van der Waals surface area contributed by atoms with E-state index in [0.717, 1.165) is 24.8 Å². The fourth-order valence-electron chi connectivity index (χ4n) is 1.88. The molecule has 1 unspecified atom stereocenters. The van der Waals surface area contributed by atoms with Crippen LogP contribution in [0.5, 0.6) is 0 Å². The second kappa shape index (κ2) is 9.13. The van der Waals surface area contributed by atoms with Gasteiger partial charge in [0, 0.05) is 0 Å². The van der Waals surface area contributed by atoms with E-state index in [2.05, 4.69) is 13.5 Å². The second-order valence-electron chi connectivity index (χ2n) is 5.10. The van der Waals surface area contributed by atoms with Crippen molar-refractivity contribution in [3.63, 3.8) is 0 Å². The molecular formula is C18H24O2. The van der Waals surface area contributed by atoms with Crippen LogP contribution in [0.4, 0.5) is 0 Å². The lowest BCUT2D eigenvalue weighted by atomic mass is 10.0. The van der Waals surface area contributed by atoms with Crippen molar-refractivity contribution in [1.82, 2.24) is 0 Å². The Bertz CT molecular complexity index is 446. The average Bonchev–Trinajstić information content (AvgIpc) is 2.44. The molecule has 0 aliphatic carbocycles. The van der Waals surface area contributed by atoms with Crippen LogP contribution in [0.15, 0.2) is 54.8 Å². The fraction of sp³-hybridized carbons (Fsp3) is 0.389. The van der Waals surface area contributed by atoms with Gasteiger partial charge in [0.15, 0.2) is 0 Å². The zero-order valence-corrected chi connectivity index (χ0v) is 12.5. The lowest BCUT2D eigenvalue weighted by molar-refractivity contribution is -0.138. The van der Waals surface area contributed by atoms with E-state index in [0.29, 0.717) is 18.1 Å². The smallest absolute Gasteiger partial charge is 0.315 e. The first kappa shape index (κ1) is 16.2. The maximum atomic E-state index is 11.7. The molecule has 0 N–H and O–H groups in total. The fourth-order valence-corrected chi connectivity index (χ4v) is 1.88. The van der Waals surface area contributed by atoms with Crippen LogP contribution in [0.25, 0.3) is 0 Å². The Labute approximate surface area is 122 Å². The molecule has 0 amide bonds. The average molecular weight is 272 g/mol. The zero-order chi connectivity index (χ0) is 14.8. The van der Waals surface area contributed by atoms with E-state index >= 15 is 0 Å². The van der Waals surface area contributed by atoms with Crippen LogP contribution >= 0.6 is 0 Å². The molecule has 2 nitrogen and oxygen atoms in total. The van der Waals surface area contributed by atoms with Crippen molar-refractivity contribution in [3.8, 4) is 0 Å². The Balaban J connectivity index is 2.28. The number of esters is 1. The highest BCUT2D eigenvalue weighted by Gasteiger charge is 2.05. The molecule has 2 heteroatoms. The number of hydrogen-bond acceptors (Lipinski definition) is 2. The second-order valence-corrected chi connectivity index (χ2v) is 5.10. The van der Waals surface area contributed by atoms with E-state index < -0.39 is 0 Å². The largest absolute Gasteiger partial charge is 0.431 e. The first-order valence-corrected chi connectivity index (χ1v) is 7.15. The van der Waals surface area contributed by atoms with E-state index in [4.69, 9.17) is 4.74 Å². The number of carbonyl (C=O) groups is 1. The molecule has 0 aliphatic heterocycles. The van der Waals surface area contributed by atoms with Crippen LogP contribution in [0.3, 0.4) is 0 Å². The van der Waals surface area contributed by atoms with E-state index in [-0.39, 0.29) is 5.97 Å². The number of carbonyl (C=O) groups excluding carboxylic acids is 1. The summed E-state index contributed by atoms with van der Waals surface area (Å²) < 4.78 is 5.29. The molecule has 0 heterocycles. The minimum atomic E-state index is -0.204. The van der Waals surface area contributed by atoms with Gasteiger partial charge in [-0.3, -0.25) is 4.79 Å². The standard InChI is InChI=1S/C18H24O2/c1-4-15(2)10-8-9-11-16(3)20-18(19)14-17-12-6-5-7-13-17/h4-7,11-13,15H,1,8-10,14H2,2-3H3/b16-11+. The normalized spacial score (nSPS) is 12.8. The van der Waals surface area contributed by atoms with Crippen molar-refractivity contribution >= 4 is 5.97 Å². The molecule has 0 bridgehead atoms. The molecule has 0 saturated carbocycles. The number of allylic oxidation sites excluding steroid dienone is 3. The number of hydrogen-bond donors (Lipinski definition) is 0. The minimum absolute atomic E-state index is 0.204. The van der Waals surface area contributed by atoms with Gasteiger partial charge < -0.3 is 4.74 Å². The van der Waals surface area contributed by atoms with Gasteiger partial charge in [-0.25, -0.2) is 0 Å². The minimum Gasteiger partial charge on any atom is -0.431 e. The molecule has 108 valence electrons. The van der Waals surface area contributed by atoms with Gasteiger partial charge in [0.1, 0.15) is 5.76 Å². The number of rotatable bonds is 8. The van der Waals surface area contributed by atoms with Crippen molar-refractivity contribution < 1.29 is 9.53 Å². The molecule has 1 aromatic rings. The van der Waals surface area contributed by atoms with Gasteiger partial charge >= 0.3 is 5.97 Å². The molecule has 0 aliphatic rings. The molecule has 0 spiro atoms. The van der Waals surface area contributed by atoms with Crippen LogP contribution in [0.1, 0.15) is 38.7 Å². The molecule has 1 atom stereocenters. The van der Waals surface area contributed by atoms with E-state index in [1.807, 2.05) is 49.4 Å². The Morgan fingerprint density at radius 1 is 1.35 bits per heavy atom. The summed E-state index contributed by atoms with van der Waals surface area (Å²) in [6.07, 6.45) is 7.41. The quantitative estimate of drug-likeness (QED) is 0.297. The van der Waals surface area contributed by atoms with E-state index in [1.165, 1.54) is 0 Å². The summed E-state index contributed by atoms with van der Waals surface area (Å²) in [6.45, 7) is 7.76. The van der Waals surface area contributed by atoms with Crippen LogP contribution < -0.4 is 0 Å². The van der Waals surface area contributed by atoms with Crippen molar-refractivity contribution in [2.75, 3.05) is 0 Å². The Morgan fingerprint density at radius 2 is 2.05 bits per heavy atom. The number of benzene rings is 1. The van der Waals surface area contributed by atoms with Crippen LogP contribution in [-0.2, 0) is 16.0 Å². The maximum absolute atomic E-state index is 11.7. The van der Waals surface area contributed by atoms with Gasteiger partial charge in [-0.05, 0) is 43.7 Å². The molecule has 0 fully saturated rings. The Kier molecular flexibility index (Phi) is 7.41. The SMILES string of the molecule is C=CC(C)CCC/C=C(\C)OC(=O)Cc1ccccc1.